The Kier molecular flexibility index (Phi) is 4.69. The van der Waals surface area contributed by atoms with Crippen LogP contribution in [0.25, 0.3) is 22.6 Å². The highest BCUT2D eigenvalue weighted by atomic mass is 35.5. The molecular formula is C20H11ClFN3O4. The van der Waals surface area contributed by atoms with E-state index < -0.39 is 16.6 Å². The second kappa shape index (κ2) is 7.33. The van der Waals surface area contributed by atoms with E-state index in [0.717, 1.165) is 6.07 Å². The van der Waals surface area contributed by atoms with Gasteiger partial charge in [-0.25, -0.2) is 9.37 Å². The molecule has 0 saturated heterocycles. The fourth-order valence-corrected chi connectivity index (χ4v) is 3.05. The predicted octanol–water partition coefficient (Wildman–Crippen LogP) is 5.45. The Bertz CT molecular complexity index is 1270. The molecule has 0 spiro atoms. The Balaban J connectivity index is 1.65. The fourth-order valence-electron chi connectivity index (χ4n) is 2.81. The lowest BCUT2D eigenvalue weighted by atomic mass is 10.1. The zero-order valence-electron chi connectivity index (χ0n) is 14.6. The summed E-state index contributed by atoms with van der Waals surface area (Å²) in [6.07, 6.45) is 0. The first-order valence-corrected chi connectivity index (χ1v) is 8.71. The lowest BCUT2D eigenvalue weighted by molar-refractivity contribution is -0.385. The van der Waals surface area contributed by atoms with E-state index in [1.165, 1.54) is 30.3 Å². The molecular weight excluding hydrogens is 401 g/mol. The molecule has 9 heteroatoms. The highest BCUT2D eigenvalue weighted by molar-refractivity contribution is 6.33. The van der Waals surface area contributed by atoms with Gasteiger partial charge in [0.25, 0.3) is 11.6 Å². The summed E-state index contributed by atoms with van der Waals surface area (Å²) < 4.78 is 18.9. The first-order valence-electron chi connectivity index (χ1n) is 8.33. The second-order valence-electron chi connectivity index (χ2n) is 6.05. The van der Waals surface area contributed by atoms with Crippen molar-refractivity contribution in [2.45, 2.75) is 0 Å². The quantitative estimate of drug-likeness (QED) is 0.355. The van der Waals surface area contributed by atoms with Crippen molar-refractivity contribution < 1.29 is 18.5 Å². The third kappa shape index (κ3) is 3.65. The van der Waals surface area contributed by atoms with Crippen molar-refractivity contribution in [2.75, 3.05) is 5.32 Å². The first-order chi connectivity index (χ1) is 13.9. The van der Waals surface area contributed by atoms with Gasteiger partial charge in [0, 0.05) is 11.8 Å². The molecule has 29 heavy (non-hydrogen) atoms. The number of nitrogens with one attached hydrogen (secondary N) is 1. The van der Waals surface area contributed by atoms with Gasteiger partial charge in [-0.3, -0.25) is 14.9 Å². The maximum absolute atomic E-state index is 13.2. The minimum Gasteiger partial charge on any atom is -0.436 e. The number of carbonyl (C=O) groups excluding carboxylic acids is 1. The van der Waals surface area contributed by atoms with E-state index in [4.69, 9.17) is 16.0 Å². The number of anilines is 1. The van der Waals surface area contributed by atoms with E-state index in [9.17, 15) is 19.3 Å². The van der Waals surface area contributed by atoms with Crippen LogP contribution in [0.1, 0.15) is 10.4 Å². The number of carbonyl (C=O) groups is 1. The Morgan fingerprint density at radius 3 is 2.69 bits per heavy atom. The van der Waals surface area contributed by atoms with Crippen LogP contribution >= 0.6 is 11.6 Å². The Labute approximate surface area is 167 Å². The lowest BCUT2D eigenvalue weighted by Gasteiger charge is -2.05. The summed E-state index contributed by atoms with van der Waals surface area (Å²) in [7, 11) is 0. The summed E-state index contributed by atoms with van der Waals surface area (Å²) in [5.41, 5.74) is 1.32. The molecule has 4 aromatic rings. The Morgan fingerprint density at radius 2 is 1.93 bits per heavy atom. The summed E-state index contributed by atoms with van der Waals surface area (Å²) in [5, 5.41) is 13.9. The topological polar surface area (TPSA) is 98.3 Å². The smallest absolute Gasteiger partial charge is 0.282 e. The molecule has 1 amide bonds. The molecule has 0 saturated carbocycles. The molecule has 0 bridgehead atoms. The van der Waals surface area contributed by atoms with Crippen molar-refractivity contribution in [3.63, 3.8) is 0 Å². The third-order valence-electron chi connectivity index (χ3n) is 4.15. The fraction of sp³-hybridized carbons (Fsp3) is 0. The molecule has 1 aromatic heterocycles. The molecule has 4 rings (SSSR count). The molecule has 3 aromatic carbocycles. The minimum absolute atomic E-state index is 0.0588. The van der Waals surface area contributed by atoms with Crippen molar-refractivity contribution in [1.82, 2.24) is 4.98 Å². The molecule has 0 aliphatic rings. The van der Waals surface area contributed by atoms with Crippen LogP contribution in [0.4, 0.5) is 15.8 Å². The highest BCUT2D eigenvalue weighted by Crippen LogP contribution is 2.31. The molecule has 0 radical (unpaired) electrons. The normalized spacial score (nSPS) is 10.8. The summed E-state index contributed by atoms with van der Waals surface area (Å²) in [4.78, 5) is 27.3. The number of benzene rings is 3. The summed E-state index contributed by atoms with van der Waals surface area (Å²) >= 11 is 6.05. The van der Waals surface area contributed by atoms with Gasteiger partial charge in [-0.2, -0.15) is 0 Å². The van der Waals surface area contributed by atoms with Crippen LogP contribution in [0, 0.1) is 15.9 Å². The zero-order chi connectivity index (χ0) is 20.5. The van der Waals surface area contributed by atoms with Gasteiger partial charge in [0.1, 0.15) is 16.9 Å². The number of nitro groups is 1. The summed E-state index contributed by atoms with van der Waals surface area (Å²) in [6.45, 7) is 0. The highest BCUT2D eigenvalue weighted by Gasteiger charge is 2.20. The summed E-state index contributed by atoms with van der Waals surface area (Å²) in [6, 6.07) is 14.3. The molecule has 7 nitrogen and oxygen atoms in total. The van der Waals surface area contributed by atoms with Gasteiger partial charge < -0.3 is 9.73 Å². The maximum Gasteiger partial charge on any atom is 0.282 e. The molecule has 1 heterocycles. The predicted molar refractivity (Wildman–Crippen MR) is 105 cm³/mol. The second-order valence-corrected chi connectivity index (χ2v) is 6.46. The molecule has 0 aliphatic heterocycles. The van der Waals surface area contributed by atoms with E-state index in [2.05, 4.69) is 10.3 Å². The van der Waals surface area contributed by atoms with Crippen LogP contribution in [0.3, 0.4) is 0 Å². The third-order valence-corrected chi connectivity index (χ3v) is 4.47. The monoisotopic (exact) mass is 411 g/mol. The number of nitro benzene ring substituents is 1. The number of nitrogens with zero attached hydrogens (tertiary/aromatic N) is 2. The number of para-hydroxylation sites is 1. The number of oxazole rings is 1. The van der Waals surface area contributed by atoms with E-state index >= 15 is 0 Å². The molecule has 144 valence electrons. The number of hydrogen-bond acceptors (Lipinski definition) is 5. The van der Waals surface area contributed by atoms with Gasteiger partial charge in [0.05, 0.1) is 15.5 Å². The van der Waals surface area contributed by atoms with Gasteiger partial charge >= 0.3 is 0 Å². The van der Waals surface area contributed by atoms with E-state index in [1.807, 2.05) is 0 Å². The van der Waals surface area contributed by atoms with Gasteiger partial charge in [0.2, 0.25) is 5.89 Å². The Hall–Kier alpha value is -3.78. The molecule has 0 fully saturated rings. The van der Waals surface area contributed by atoms with Crippen molar-refractivity contribution in [3.8, 4) is 11.5 Å². The largest absolute Gasteiger partial charge is 0.436 e. The van der Waals surface area contributed by atoms with Crippen LogP contribution in [0.15, 0.2) is 65.1 Å². The number of fused-ring (bicyclic) bond motifs is 1. The first kappa shape index (κ1) is 18.6. The van der Waals surface area contributed by atoms with Gasteiger partial charge in [-0.1, -0.05) is 23.7 Å². The maximum atomic E-state index is 13.2. The summed E-state index contributed by atoms with van der Waals surface area (Å²) in [5.74, 6) is -0.899. The standard InChI is InChI=1S/C20H11ClFN3O4/c21-15-9-11(22)5-7-13(15)20-24-16-10-12(6-8-18(16)29-20)23-19(26)14-3-1-2-4-17(14)25(27)28/h1-10H,(H,23,26). The number of rotatable bonds is 4. The van der Waals surface area contributed by atoms with Crippen LogP contribution in [0.2, 0.25) is 5.02 Å². The molecule has 1 N–H and O–H groups in total. The number of amides is 1. The van der Waals surface area contributed by atoms with Crippen molar-refractivity contribution >= 4 is 40.0 Å². The average Bonchev–Trinajstić information content (AvgIpc) is 3.10. The van der Waals surface area contributed by atoms with Crippen LogP contribution in [0.5, 0.6) is 0 Å². The minimum atomic E-state index is -0.623. The molecule has 0 aliphatic carbocycles. The van der Waals surface area contributed by atoms with E-state index in [-0.39, 0.29) is 22.2 Å². The van der Waals surface area contributed by atoms with Crippen LogP contribution in [-0.4, -0.2) is 15.8 Å². The SMILES string of the molecule is O=C(Nc1ccc2oc(-c3ccc(F)cc3Cl)nc2c1)c1ccccc1[N+](=O)[O-]. The Morgan fingerprint density at radius 1 is 1.14 bits per heavy atom. The van der Waals surface area contributed by atoms with Crippen LogP contribution in [-0.2, 0) is 0 Å². The number of hydrogen-bond donors (Lipinski definition) is 1. The van der Waals surface area contributed by atoms with Gasteiger partial charge in [0.15, 0.2) is 5.58 Å². The zero-order valence-corrected chi connectivity index (χ0v) is 15.3. The molecule has 0 unspecified atom stereocenters. The van der Waals surface area contributed by atoms with Crippen molar-refractivity contribution in [3.05, 3.63) is 87.2 Å². The van der Waals surface area contributed by atoms with Crippen LogP contribution < -0.4 is 5.32 Å². The van der Waals surface area contributed by atoms with E-state index in [0.29, 0.717) is 22.4 Å². The molecule has 0 atom stereocenters. The van der Waals surface area contributed by atoms with E-state index in [1.54, 1.807) is 24.3 Å². The van der Waals surface area contributed by atoms with Gasteiger partial charge in [-0.05, 0) is 42.5 Å². The van der Waals surface area contributed by atoms with Gasteiger partial charge in [-0.15, -0.1) is 0 Å². The van der Waals surface area contributed by atoms with Crippen molar-refractivity contribution in [1.29, 1.82) is 0 Å². The number of aromatic nitrogens is 1. The number of halogens is 2. The van der Waals surface area contributed by atoms with Crippen molar-refractivity contribution in [2.24, 2.45) is 0 Å². The lowest BCUT2D eigenvalue weighted by Crippen LogP contribution is -2.13. The average molecular weight is 412 g/mol.